The second-order valence-corrected chi connectivity index (χ2v) is 7.98. The molecule has 0 radical (unpaired) electrons. The minimum Gasteiger partial charge on any atom is -0.429 e. The van der Waals surface area contributed by atoms with Crippen LogP contribution in [-0.4, -0.2) is 0 Å². The lowest BCUT2D eigenvalue weighted by Crippen LogP contribution is -2.22. The average Bonchev–Trinajstić information content (AvgIpc) is 2.74. The standard InChI is InChI=1S/C25H25F4NO/c1-2-3-4-5-17-6-8-18(9-7-17)19-10-12-20(13-11-19)25(28,29)31-21-14-23(26)22(16-30)24(27)15-21/h2-3,10-15,17-18H,4-9H2,1H3/b3-2-. The molecule has 0 spiro atoms. The van der Waals surface area contributed by atoms with Crippen LogP contribution in [0, 0.1) is 28.9 Å². The number of rotatable bonds is 7. The second-order valence-electron chi connectivity index (χ2n) is 7.98. The van der Waals surface area contributed by atoms with E-state index in [0.29, 0.717) is 18.1 Å². The van der Waals surface area contributed by atoms with Crippen LogP contribution in [0.2, 0.25) is 0 Å². The van der Waals surface area contributed by atoms with Gasteiger partial charge in [0.15, 0.2) is 0 Å². The molecule has 0 aliphatic heterocycles. The number of benzene rings is 2. The topological polar surface area (TPSA) is 33.0 Å². The molecule has 0 unspecified atom stereocenters. The Morgan fingerprint density at radius 2 is 1.68 bits per heavy atom. The largest absolute Gasteiger partial charge is 0.429 e. The molecule has 31 heavy (non-hydrogen) atoms. The molecular weight excluding hydrogens is 406 g/mol. The first-order chi connectivity index (χ1) is 14.8. The summed E-state index contributed by atoms with van der Waals surface area (Å²) >= 11 is 0. The van der Waals surface area contributed by atoms with Crippen molar-refractivity contribution >= 4 is 0 Å². The van der Waals surface area contributed by atoms with Gasteiger partial charge in [-0.15, -0.1) is 0 Å². The van der Waals surface area contributed by atoms with Crippen LogP contribution in [0.4, 0.5) is 17.6 Å². The van der Waals surface area contributed by atoms with Crippen LogP contribution in [0.1, 0.15) is 68.1 Å². The highest BCUT2D eigenvalue weighted by Gasteiger charge is 2.35. The van der Waals surface area contributed by atoms with Gasteiger partial charge >= 0.3 is 6.11 Å². The van der Waals surface area contributed by atoms with Gasteiger partial charge in [-0.05, 0) is 75.0 Å². The van der Waals surface area contributed by atoms with Gasteiger partial charge in [-0.25, -0.2) is 8.78 Å². The molecule has 0 amide bonds. The number of alkyl halides is 2. The van der Waals surface area contributed by atoms with Crippen molar-refractivity contribution in [3.63, 3.8) is 0 Å². The molecule has 1 aliphatic rings. The predicted octanol–water partition coefficient (Wildman–Crippen LogP) is 7.59. The smallest absolute Gasteiger partial charge is 0.426 e. The molecule has 1 saturated carbocycles. The van der Waals surface area contributed by atoms with Gasteiger partial charge in [-0.3, -0.25) is 0 Å². The van der Waals surface area contributed by atoms with Gasteiger partial charge in [-0.1, -0.05) is 24.3 Å². The molecule has 1 aliphatic carbocycles. The Labute approximate surface area is 180 Å². The Kier molecular flexibility index (Phi) is 7.37. The van der Waals surface area contributed by atoms with Crippen molar-refractivity contribution in [1.29, 1.82) is 5.26 Å². The fourth-order valence-corrected chi connectivity index (χ4v) is 4.15. The zero-order valence-electron chi connectivity index (χ0n) is 17.4. The van der Waals surface area contributed by atoms with Gasteiger partial charge in [-0.2, -0.15) is 14.0 Å². The monoisotopic (exact) mass is 431 g/mol. The Hall–Kier alpha value is -2.81. The molecule has 1 fully saturated rings. The number of allylic oxidation sites excluding steroid dienone is 2. The van der Waals surface area contributed by atoms with Crippen molar-refractivity contribution in [1.82, 2.24) is 0 Å². The molecule has 0 saturated heterocycles. The summed E-state index contributed by atoms with van der Waals surface area (Å²) in [6.45, 7) is 2.02. The van der Waals surface area contributed by atoms with E-state index in [4.69, 9.17) is 5.26 Å². The molecule has 6 heteroatoms. The number of ether oxygens (including phenoxy) is 1. The third kappa shape index (κ3) is 5.66. The summed E-state index contributed by atoms with van der Waals surface area (Å²) < 4.78 is 61.0. The predicted molar refractivity (Wildman–Crippen MR) is 111 cm³/mol. The van der Waals surface area contributed by atoms with E-state index < -0.39 is 34.6 Å². The van der Waals surface area contributed by atoms with E-state index in [1.165, 1.54) is 24.6 Å². The average molecular weight is 431 g/mol. The fraction of sp³-hybridized carbons (Fsp3) is 0.400. The molecule has 0 aromatic heterocycles. The van der Waals surface area contributed by atoms with Crippen molar-refractivity contribution in [2.24, 2.45) is 5.92 Å². The van der Waals surface area contributed by atoms with E-state index in [9.17, 15) is 17.6 Å². The van der Waals surface area contributed by atoms with Gasteiger partial charge in [0, 0.05) is 12.1 Å². The maximum atomic E-state index is 14.5. The first-order valence-electron chi connectivity index (χ1n) is 10.5. The Morgan fingerprint density at radius 3 is 2.23 bits per heavy atom. The van der Waals surface area contributed by atoms with Crippen LogP contribution in [0.25, 0.3) is 0 Å². The maximum Gasteiger partial charge on any atom is 0.426 e. The third-order valence-electron chi connectivity index (χ3n) is 5.92. The van der Waals surface area contributed by atoms with Crippen molar-refractivity contribution in [2.75, 3.05) is 0 Å². The molecule has 164 valence electrons. The fourth-order valence-electron chi connectivity index (χ4n) is 4.15. The highest BCUT2D eigenvalue weighted by molar-refractivity contribution is 5.38. The molecule has 0 atom stereocenters. The Morgan fingerprint density at radius 1 is 1.06 bits per heavy atom. The summed E-state index contributed by atoms with van der Waals surface area (Å²) in [6, 6.07) is 8.45. The maximum absolute atomic E-state index is 14.5. The lowest BCUT2D eigenvalue weighted by atomic mass is 9.77. The summed E-state index contributed by atoms with van der Waals surface area (Å²) in [7, 11) is 0. The van der Waals surface area contributed by atoms with E-state index in [0.717, 1.165) is 43.6 Å². The van der Waals surface area contributed by atoms with E-state index in [2.05, 4.69) is 16.9 Å². The van der Waals surface area contributed by atoms with Crippen LogP contribution >= 0.6 is 0 Å². The molecule has 2 nitrogen and oxygen atoms in total. The summed E-state index contributed by atoms with van der Waals surface area (Å²) in [5.41, 5.74) is -0.222. The summed E-state index contributed by atoms with van der Waals surface area (Å²) in [6.07, 6.45) is 7.13. The highest BCUT2D eigenvalue weighted by Crippen LogP contribution is 2.39. The number of hydrogen-bond acceptors (Lipinski definition) is 2. The molecule has 3 rings (SSSR count). The zero-order valence-corrected chi connectivity index (χ0v) is 17.4. The lowest BCUT2D eigenvalue weighted by molar-refractivity contribution is -0.185. The van der Waals surface area contributed by atoms with E-state index in [1.807, 2.05) is 6.92 Å². The van der Waals surface area contributed by atoms with Crippen molar-refractivity contribution < 1.29 is 22.3 Å². The molecule has 0 bridgehead atoms. The first-order valence-corrected chi connectivity index (χ1v) is 10.5. The minimum absolute atomic E-state index is 0.350. The van der Waals surface area contributed by atoms with Gasteiger partial charge in [0.2, 0.25) is 0 Å². The minimum atomic E-state index is -3.77. The van der Waals surface area contributed by atoms with E-state index in [1.54, 1.807) is 12.1 Å². The Bertz CT molecular complexity index is 931. The molecule has 0 heterocycles. The van der Waals surface area contributed by atoms with Crippen molar-refractivity contribution in [2.45, 2.75) is 57.5 Å². The summed E-state index contributed by atoms with van der Waals surface area (Å²) in [4.78, 5) is 0. The number of halogens is 4. The quantitative estimate of drug-likeness (QED) is 0.334. The summed E-state index contributed by atoms with van der Waals surface area (Å²) in [5, 5.41) is 8.68. The van der Waals surface area contributed by atoms with Crippen molar-refractivity contribution in [3.05, 3.63) is 76.9 Å². The van der Waals surface area contributed by atoms with Gasteiger partial charge < -0.3 is 4.74 Å². The SMILES string of the molecule is C/C=C\CCC1CCC(c2ccc(C(F)(F)Oc3cc(F)c(C#N)c(F)c3)cc2)CC1. The zero-order chi connectivity index (χ0) is 22.4. The molecule has 2 aromatic rings. The number of nitriles is 1. The molecule has 0 N–H and O–H groups in total. The van der Waals surface area contributed by atoms with Crippen LogP contribution in [0.15, 0.2) is 48.6 Å². The number of nitrogens with zero attached hydrogens (tertiary/aromatic N) is 1. The van der Waals surface area contributed by atoms with Gasteiger partial charge in [0.05, 0.1) is 5.56 Å². The van der Waals surface area contributed by atoms with E-state index in [-0.39, 0.29) is 0 Å². The molecule has 2 aromatic carbocycles. The normalized spacial score (nSPS) is 19.4. The van der Waals surface area contributed by atoms with Crippen LogP contribution in [0.5, 0.6) is 5.75 Å². The van der Waals surface area contributed by atoms with Crippen LogP contribution in [-0.2, 0) is 6.11 Å². The first kappa shape index (κ1) is 22.9. The lowest BCUT2D eigenvalue weighted by Gasteiger charge is -2.29. The third-order valence-corrected chi connectivity index (χ3v) is 5.92. The van der Waals surface area contributed by atoms with Crippen LogP contribution in [0.3, 0.4) is 0 Å². The molecular formula is C25H25F4NO. The van der Waals surface area contributed by atoms with E-state index >= 15 is 0 Å². The number of hydrogen-bond donors (Lipinski definition) is 0. The summed E-state index contributed by atoms with van der Waals surface area (Å²) in [5.74, 6) is -2.10. The van der Waals surface area contributed by atoms with Crippen LogP contribution < -0.4 is 4.74 Å². The second kappa shape index (κ2) is 10.00. The van der Waals surface area contributed by atoms with Gasteiger partial charge in [0.25, 0.3) is 0 Å². The Balaban J connectivity index is 1.64. The highest BCUT2D eigenvalue weighted by atomic mass is 19.3. The van der Waals surface area contributed by atoms with Gasteiger partial charge in [0.1, 0.15) is 29.0 Å². The van der Waals surface area contributed by atoms with Crippen molar-refractivity contribution in [3.8, 4) is 11.8 Å².